The van der Waals surface area contributed by atoms with Crippen LogP contribution in [0.3, 0.4) is 0 Å². The number of ether oxygens (including phenoxy) is 1. The molecule has 0 aliphatic carbocycles. The Morgan fingerprint density at radius 3 is 2.67 bits per heavy atom. The first-order chi connectivity index (χ1) is 8.65. The monoisotopic (exact) mass is 253 g/mol. The van der Waals surface area contributed by atoms with Crippen LogP contribution < -0.4 is 5.32 Å². The number of rotatable bonds is 4. The highest BCUT2D eigenvalue weighted by molar-refractivity contribution is 5.30. The van der Waals surface area contributed by atoms with E-state index in [1.165, 1.54) is 0 Å². The number of aliphatic hydroxyl groups is 1. The fourth-order valence-corrected chi connectivity index (χ4v) is 1.91. The van der Waals surface area contributed by atoms with Gasteiger partial charge in [-0.2, -0.15) is 0 Å². The van der Waals surface area contributed by atoms with E-state index in [2.05, 4.69) is 11.9 Å². The van der Waals surface area contributed by atoms with Crippen LogP contribution in [-0.4, -0.2) is 37.0 Å². The second-order valence-corrected chi connectivity index (χ2v) is 4.01. The molecule has 0 aromatic carbocycles. The molecule has 1 fully saturated rings. The van der Waals surface area contributed by atoms with Crippen LogP contribution in [0.4, 0.5) is 0 Å². The standard InChI is InChI=1S/C13H21NO2.C2H6/c1-4-5-6-7-11(2)13(15)8-9-14-10-12(13)16-3;1-2/h4-7,12,14-15H,2,8-10H2,1,3H3;1-2H3/b5-4-,7-6-;. The summed E-state index contributed by atoms with van der Waals surface area (Å²) in [6.45, 7) is 11.3. The number of piperidine rings is 1. The van der Waals surface area contributed by atoms with Crippen molar-refractivity contribution in [2.24, 2.45) is 0 Å². The van der Waals surface area contributed by atoms with Gasteiger partial charge < -0.3 is 15.2 Å². The molecule has 104 valence electrons. The Hall–Kier alpha value is -0.900. The van der Waals surface area contributed by atoms with Gasteiger partial charge in [0.15, 0.2) is 0 Å². The fraction of sp³-hybridized carbons (Fsp3) is 0.600. The highest BCUT2D eigenvalue weighted by atomic mass is 16.5. The molecule has 0 amide bonds. The van der Waals surface area contributed by atoms with Gasteiger partial charge in [0, 0.05) is 13.7 Å². The summed E-state index contributed by atoms with van der Waals surface area (Å²) >= 11 is 0. The zero-order valence-electron chi connectivity index (χ0n) is 12.1. The average molecular weight is 253 g/mol. The number of methoxy groups -OCH3 is 1. The van der Waals surface area contributed by atoms with Crippen molar-refractivity contribution in [1.82, 2.24) is 5.32 Å². The summed E-state index contributed by atoms with van der Waals surface area (Å²) in [6, 6.07) is 0. The summed E-state index contributed by atoms with van der Waals surface area (Å²) in [5, 5.41) is 13.8. The SMILES string of the molecule is C=C(/C=C\C=C/C)C1(O)CCNCC1OC.CC. The smallest absolute Gasteiger partial charge is 0.118 e. The van der Waals surface area contributed by atoms with Gasteiger partial charge in [-0.3, -0.25) is 0 Å². The molecule has 3 heteroatoms. The first-order valence-corrected chi connectivity index (χ1v) is 6.59. The first kappa shape index (κ1) is 17.1. The Morgan fingerprint density at radius 1 is 1.44 bits per heavy atom. The molecule has 1 saturated heterocycles. The van der Waals surface area contributed by atoms with Gasteiger partial charge in [-0.05, 0) is 25.5 Å². The van der Waals surface area contributed by atoms with Crippen molar-refractivity contribution in [3.05, 3.63) is 36.5 Å². The maximum Gasteiger partial charge on any atom is 0.118 e. The van der Waals surface area contributed by atoms with Crippen molar-refractivity contribution >= 4 is 0 Å². The third-order valence-electron chi connectivity index (χ3n) is 2.99. The predicted octanol–water partition coefficient (Wildman–Crippen LogP) is 2.44. The second kappa shape index (κ2) is 9.09. The molecule has 0 saturated carbocycles. The van der Waals surface area contributed by atoms with Crippen molar-refractivity contribution in [1.29, 1.82) is 0 Å². The lowest BCUT2D eigenvalue weighted by molar-refractivity contribution is -0.0826. The topological polar surface area (TPSA) is 41.5 Å². The molecule has 0 spiro atoms. The van der Waals surface area contributed by atoms with E-state index in [4.69, 9.17) is 4.74 Å². The summed E-state index contributed by atoms with van der Waals surface area (Å²) in [5.74, 6) is 0. The molecule has 3 nitrogen and oxygen atoms in total. The van der Waals surface area contributed by atoms with E-state index in [-0.39, 0.29) is 6.10 Å². The van der Waals surface area contributed by atoms with Crippen LogP contribution in [0.25, 0.3) is 0 Å². The summed E-state index contributed by atoms with van der Waals surface area (Å²) < 4.78 is 5.31. The molecule has 18 heavy (non-hydrogen) atoms. The van der Waals surface area contributed by atoms with Crippen LogP contribution >= 0.6 is 0 Å². The van der Waals surface area contributed by atoms with Crippen LogP contribution in [0.2, 0.25) is 0 Å². The molecular formula is C15H27NO2. The Labute approximate surface area is 111 Å². The van der Waals surface area contributed by atoms with Gasteiger partial charge in [0.05, 0.1) is 0 Å². The van der Waals surface area contributed by atoms with Gasteiger partial charge in [0.25, 0.3) is 0 Å². The van der Waals surface area contributed by atoms with Gasteiger partial charge >= 0.3 is 0 Å². The minimum absolute atomic E-state index is 0.232. The summed E-state index contributed by atoms with van der Waals surface area (Å²) in [7, 11) is 1.62. The van der Waals surface area contributed by atoms with Crippen molar-refractivity contribution in [2.45, 2.75) is 38.9 Å². The van der Waals surface area contributed by atoms with E-state index in [1.807, 2.05) is 45.1 Å². The normalized spacial score (nSPS) is 28.2. The molecule has 0 bridgehead atoms. The van der Waals surface area contributed by atoms with E-state index >= 15 is 0 Å². The van der Waals surface area contributed by atoms with Crippen molar-refractivity contribution < 1.29 is 9.84 Å². The number of allylic oxidation sites excluding steroid dienone is 3. The van der Waals surface area contributed by atoms with Gasteiger partial charge in [-0.1, -0.05) is 44.7 Å². The number of hydrogen-bond donors (Lipinski definition) is 2. The largest absolute Gasteiger partial charge is 0.382 e. The quantitative estimate of drug-likeness (QED) is 0.756. The van der Waals surface area contributed by atoms with Crippen LogP contribution in [0.15, 0.2) is 36.5 Å². The molecule has 0 aromatic rings. The van der Waals surface area contributed by atoms with E-state index < -0.39 is 5.60 Å². The Morgan fingerprint density at radius 2 is 2.11 bits per heavy atom. The molecule has 0 aromatic heterocycles. The van der Waals surface area contributed by atoms with Crippen molar-refractivity contribution in [3.8, 4) is 0 Å². The summed E-state index contributed by atoms with van der Waals surface area (Å²) in [4.78, 5) is 0. The Balaban J connectivity index is 0.00000137. The number of nitrogens with one attached hydrogen (secondary N) is 1. The zero-order valence-corrected chi connectivity index (χ0v) is 12.1. The molecule has 1 aliphatic rings. The highest BCUT2D eigenvalue weighted by Gasteiger charge is 2.40. The minimum atomic E-state index is -0.946. The maximum absolute atomic E-state index is 10.6. The van der Waals surface area contributed by atoms with E-state index in [1.54, 1.807) is 7.11 Å². The molecule has 2 unspecified atom stereocenters. The average Bonchev–Trinajstić information content (AvgIpc) is 2.41. The lowest BCUT2D eigenvalue weighted by Crippen LogP contribution is -2.55. The second-order valence-electron chi connectivity index (χ2n) is 4.01. The Kier molecular flexibility index (Phi) is 8.63. The van der Waals surface area contributed by atoms with Gasteiger partial charge in [0.1, 0.15) is 11.7 Å². The zero-order chi connectivity index (χ0) is 14.0. The van der Waals surface area contributed by atoms with Gasteiger partial charge in [-0.25, -0.2) is 0 Å². The maximum atomic E-state index is 10.6. The molecule has 1 rings (SSSR count). The number of hydrogen-bond acceptors (Lipinski definition) is 3. The summed E-state index contributed by atoms with van der Waals surface area (Å²) in [5.41, 5.74) is -0.239. The van der Waals surface area contributed by atoms with E-state index in [9.17, 15) is 5.11 Å². The Bertz CT molecular complexity index is 297. The lowest BCUT2D eigenvalue weighted by atomic mass is 9.83. The van der Waals surface area contributed by atoms with E-state index in [0.29, 0.717) is 18.5 Å². The molecule has 1 heterocycles. The van der Waals surface area contributed by atoms with Crippen molar-refractivity contribution in [2.75, 3.05) is 20.2 Å². The van der Waals surface area contributed by atoms with Crippen LogP contribution in [0.1, 0.15) is 27.2 Å². The first-order valence-electron chi connectivity index (χ1n) is 6.59. The predicted molar refractivity (Wildman–Crippen MR) is 77.7 cm³/mol. The molecule has 2 N–H and O–H groups in total. The molecule has 2 atom stereocenters. The van der Waals surface area contributed by atoms with Crippen LogP contribution in [0.5, 0.6) is 0 Å². The van der Waals surface area contributed by atoms with Gasteiger partial charge in [0.2, 0.25) is 0 Å². The minimum Gasteiger partial charge on any atom is -0.382 e. The van der Waals surface area contributed by atoms with Crippen LogP contribution in [0, 0.1) is 0 Å². The lowest BCUT2D eigenvalue weighted by Gasteiger charge is -2.40. The third kappa shape index (κ3) is 4.41. The fourth-order valence-electron chi connectivity index (χ4n) is 1.91. The molecular weight excluding hydrogens is 226 g/mol. The van der Waals surface area contributed by atoms with Gasteiger partial charge in [-0.15, -0.1) is 0 Å². The van der Waals surface area contributed by atoms with Crippen LogP contribution in [-0.2, 0) is 4.74 Å². The third-order valence-corrected chi connectivity index (χ3v) is 2.99. The molecule has 0 radical (unpaired) electrons. The summed E-state index contributed by atoms with van der Waals surface area (Å²) in [6.07, 6.45) is 7.97. The van der Waals surface area contributed by atoms with E-state index in [0.717, 1.165) is 6.54 Å². The highest BCUT2D eigenvalue weighted by Crippen LogP contribution is 2.28. The van der Waals surface area contributed by atoms with Crippen molar-refractivity contribution in [3.63, 3.8) is 0 Å². The molecule has 1 aliphatic heterocycles.